The highest BCUT2D eigenvalue weighted by molar-refractivity contribution is 5.96. The normalized spacial score (nSPS) is 47.8. The third kappa shape index (κ3) is 1.54. The predicted octanol–water partition coefficient (Wildman–Crippen LogP) is 1.23. The van der Waals surface area contributed by atoms with Crippen LogP contribution in [0.4, 0.5) is 0 Å². The van der Waals surface area contributed by atoms with Crippen LogP contribution in [0.5, 0.6) is 0 Å². The third-order valence-corrected chi connectivity index (χ3v) is 4.37. The summed E-state index contributed by atoms with van der Waals surface area (Å²) in [6.45, 7) is 9.05. The summed E-state index contributed by atoms with van der Waals surface area (Å²) < 4.78 is 17.1. The molecule has 0 amide bonds. The molecule has 0 aromatic rings. The van der Waals surface area contributed by atoms with Crippen molar-refractivity contribution in [2.45, 2.75) is 70.6 Å². The summed E-state index contributed by atoms with van der Waals surface area (Å²) in [5.74, 6) is -0.300. The Hall–Kier alpha value is -0.940. The molecule has 3 aliphatic heterocycles. The summed E-state index contributed by atoms with van der Waals surface area (Å²) in [6, 6.07) is 0. The Kier molecular flexibility index (Phi) is 2.33. The first-order valence-corrected chi connectivity index (χ1v) is 6.69. The molecule has 3 heterocycles. The van der Waals surface area contributed by atoms with E-state index in [-0.39, 0.29) is 17.9 Å². The van der Waals surface area contributed by atoms with Crippen LogP contribution < -0.4 is 0 Å². The molecule has 3 saturated heterocycles. The Morgan fingerprint density at radius 2 is 2.00 bits per heavy atom. The second kappa shape index (κ2) is 3.38. The van der Waals surface area contributed by atoms with Gasteiger partial charge in [-0.3, -0.25) is 9.59 Å². The van der Waals surface area contributed by atoms with E-state index in [1.165, 1.54) is 0 Å². The van der Waals surface area contributed by atoms with E-state index in [1.54, 1.807) is 6.92 Å². The van der Waals surface area contributed by atoms with Crippen molar-refractivity contribution in [1.29, 1.82) is 0 Å². The Morgan fingerprint density at radius 1 is 1.37 bits per heavy atom. The molecule has 3 aliphatic rings. The maximum absolute atomic E-state index is 12.2. The average molecular weight is 268 g/mol. The van der Waals surface area contributed by atoms with Gasteiger partial charge < -0.3 is 14.2 Å². The fourth-order valence-corrected chi connectivity index (χ4v) is 3.25. The molecule has 5 atom stereocenters. The van der Waals surface area contributed by atoms with Gasteiger partial charge in [0.15, 0.2) is 11.9 Å². The van der Waals surface area contributed by atoms with E-state index >= 15 is 0 Å². The number of hydrogen-bond donors (Lipinski definition) is 0. The van der Waals surface area contributed by atoms with Gasteiger partial charge in [-0.2, -0.15) is 0 Å². The van der Waals surface area contributed by atoms with E-state index < -0.39 is 28.8 Å². The molecule has 0 aromatic heterocycles. The van der Waals surface area contributed by atoms with E-state index in [0.29, 0.717) is 6.42 Å². The zero-order chi connectivity index (χ0) is 14.2. The number of fused-ring (bicyclic) bond motifs is 1. The van der Waals surface area contributed by atoms with E-state index in [2.05, 4.69) is 0 Å². The molecule has 0 aliphatic carbocycles. The van der Waals surface area contributed by atoms with E-state index in [4.69, 9.17) is 14.2 Å². The van der Waals surface area contributed by atoms with Gasteiger partial charge in [0.2, 0.25) is 0 Å². The molecular weight excluding hydrogens is 248 g/mol. The monoisotopic (exact) mass is 268 g/mol. The average Bonchev–Trinajstić information content (AvgIpc) is 2.34. The molecule has 0 saturated carbocycles. The van der Waals surface area contributed by atoms with Gasteiger partial charge in [-0.15, -0.1) is 0 Å². The quantitative estimate of drug-likeness (QED) is 0.669. The molecule has 0 unspecified atom stereocenters. The number of hydrogen-bond acceptors (Lipinski definition) is 5. The Balaban J connectivity index is 1.84. The lowest BCUT2D eigenvalue weighted by molar-refractivity contribution is -0.325. The number of carbonyl (C=O) groups is 2. The van der Waals surface area contributed by atoms with Crippen LogP contribution >= 0.6 is 0 Å². The minimum atomic E-state index is -0.880. The number of Topliss-reactive ketones (excluding diaryl/α,β-unsaturated/α-hetero) is 1. The lowest BCUT2D eigenvalue weighted by Crippen LogP contribution is -2.69. The minimum Gasteiger partial charge on any atom is -0.459 e. The highest BCUT2D eigenvalue weighted by Gasteiger charge is 2.75. The standard InChI is InChI=1S/C14H20O5/c1-12(2,3)11(16)17-7-6-13(4)8(15)10-14(5,19-13)9(7)18-10/h7,9-10H,6H2,1-5H3/t7-,9-,10+,13-,14+/m0/s1. The van der Waals surface area contributed by atoms with Crippen LogP contribution in [0.2, 0.25) is 0 Å². The van der Waals surface area contributed by atoms with Gasteiger partial charge in [0.25, 0.3) is 0 Å². The van der Waals surface area contributed by atoms with Crippen LogP contribution in [0.3, 0.4) is 0 Å². The first-order valence-electron chi connectivity index (χ1n) is 6.69. The van der Waals surface area contributed by atoms with Gasteiger partial charge in [-0.25, -0.2) is 0 Å². The first kappa shape index (κ1) is 13.1. The van der Waals surface area contributed by atoms with E-state index in [0.717, 1.165) is 0 Å². The molecule has 5 nitrogen and oxygen atoms in total. The third-order valence-electron chi connectivity index (χ3n) is 4.37. The SMILES string of the molecule is CC(C)(C)C(=O)O[C@H]1C[C@]2(C)O[C@@]3(C)[C@H](O[C@@H]13)C2=O. The fourth-order valence-electron chi connectivity index (χ4n) is 3.25. The lowest BCUT2D eigenvalue weighted by atomic mass is 9.83. The van der Waals surface area contributed by atoms with Crippen molar-refractivity contribution in [3.8, 4) is 0 Å². The molecular formula is C14H20O5. The van der Waals surface area contributed by atoms with Gasteiger partial charge in [0, 0.05) is 6.42 Å². The fraction of sp³-hybridized carbons (Fsp3) is 0.857. The molecule has 0 spiro atoms. The summed E-state index contributed by atoms with van der Waals surface area (Å²) in [7, 11) is 0. The summed E-state index contributed by atoms with van der Waals surface area (Å²) in [5.41, 5.74) is -2.07. The highest BCUT2D eigenvalue weighted by Crippen LogP contribution is 2.55. The van der Waals surface area contributed by atoms with Crippen molar-refractivity contribution in [1.82, 2.24) is 0 Å². The zero-order valence-corrected chi connectivity index (χ0v) is 12.0. The number of ketones is 1. The van der Waals surface area contributed by atoms with Gasteiger partial charge in [-0.1, -0.05) is 0 Å². The Bertz CT molecular complexity index is 465. The summed E-state index contributed by atoms with van der Waals surface area (Å²) in [5, 5.41) is 0. The van der Waals surface area contributed by atoms with Crippen LogP contribution in [0.1, 0.15) is 41.0 Å². The second-order valence-corrected chi connectivity index (χ2v) is 7.22. The summed E-state index contributed by atoms with van der Waals surface area (Å²) in [6.07, 6.45) is -0.855. The maximum atomic E-state index is 12.2. The molecule has 2 bridgehead atoms. The van der Waals surface area contributed by atoms with Crippen molar-refractivity contribution < 1.29 is 23.8 Å². The van der Waals surface area contributed by atoms with Crippen LogP contribution in [0.25, 0.3) is 0 Å². The van der Waals surface area contributed by atoms with E-state index in [9.17, 15) is 9.59 Å². The van der Waals surface area contributed by atoms with Crippen LogP contribution in [0, 0.1) is 5.41 Å². The number of ether oxygens (including phenoxy) is 3. The Morgan fingerprint density at radius 3 is 2.58 bits per heavy atom. The van der Waals surface area contributed by atoms with Crippen molar-refractivity contribution >= 4 is 11.8 Å². The topological polar surface area (TPSA) is 61.8 Å². The minimum absolute atomic E-state index is 0.0273. The molecule has 106 valence electrons. The highest BCUT2D eigenvalue weighted by atomic mass is 16.7. The van der Waals surface area contributed by atoms with Crippen molar-refractivity contribution in [3.63, 3.8) is 0 Å². The Labute approximate surface area is 112 Å². The molecule has 0 N–H and O–H groups in total. The lowest BCUT2D eigenvalue weighted by Gasteiger charge is -2.52. The van der Waals surface area contributed by atoms with E-state index in [1.807, 2.05) is 27.7 Å². The number of esters is 1. The number of carbonyl (C=O) groups excluding carboxylic acids is 2. The van der Waals surface area contributed by atoms with Crippen molar-refractivity contribution in [2.75, 3.05) is 0 Å². The van der Waals surface area contributed by atoms with Gasteiger partial charge in [-0.05, 0) is 34.6 Å². The second-order valence-electron chi connectivity index (χ2n) is 7.22. The smallest absolute Gasteiger partial charge is 0.311 e. The molecule has 19 heavy (non-hydrogen) atoms. The summed E-state index contributed by atoms with van der Waals surface area (Å²) in [4.78, 5) is 24.2. The summed E-state index contributed by atoms with van der Waals surface area (Å²) >= 11 is 0. The molecule has 5 heteroatoms. The zero-order valence-electron chi connectivity index (χ0n) is 12.0. The number of rotatable bonds is 1. The maximum Gasteiger partial charge on any atom is 0.311 e. The van der Waals surface area contributed by atoms with Crippen LogP contribution in [-0.4, -0.2) is 41.3 Å². The van der Waals surface area contributed by atoms with Crippen molar-refractivity contribution in [2.24, 2.45) is 5.41 Å². The van der Waals surface area contributed by atoms with Crippen LogP contribution in [0.15, 0.2) is 0 Å². The molecule has 0 radical (unpaired) electrons. The van der Waals surface area contributed by atoms with Gasteiger partial charge in [0.1, 0.15) is 23.4 Å². The molecule has 3 rings (SSSR count). The van der Waals surface area contributed by atoms with Gasteiger partial charge in [0.05, 0.1) is 5.41 Å². The van der Waals surface area contributed by atoms with Gasteiger partial charge >= 0.3 is 5.97 Å². The van der Waals surface area contributed by atoms with Crippen molar-refractivity contribution in [3.05, 3.63) is 0 Å². The largest absolute Gasteiger partial charge is 0.459 e. The van der Waals surface area contributed by atoms with Crippen LogP contribution in [-0.2, 0) is 23.8 Å². The molecule has 0 aromatic carbocycles. The first-order chi connectivity index (χ1) is 8.58. The predicted molar refractivity (Wildman–Crippen MR) is 65.5 cm³/mol. The molecule has 3 fully saturated rings.